The number of carbonyl (C=O) groups is 1. The maximum atomic E-state index is 12.6. The lowest BCUT2D eigenvalue weighted by Gasteiger charge is -2.30. The highest BCUT2D eigenvalue weighted by atomic mass is 32.2. The van der Waals surface area contributed by atoms with E-state index in [0.717, 1.165) is 28.6 Å². The number of nitrogens with zero attached hydrogens (tertiary/aromatic N) is 1. The molecule has 0 spiro atoms. The summed E-state index contributed by atoms with van der Waals surface area (Å²) in [7, 11) is 1.77. The van der Waals surface area contributed by atoms with Crippen LogP contribution in [-0.4, -0.2) is 22.8 Å². The van der Waals surface area contributed by atoms with Crippen LogP contribution < -0.4 is 10.9 Å². The van der Waals surface area contributed by atoms with E-state index in [-0.39, 0.29) is 16.9 Å². The normalized spacial score (nSPS) is 15.5. The van der Waals surface area contributed by atoms with Gasteiger partial charge < -0.3 is 9.88 Å². The van der Waals surface area contributed by atoms with Crippen LogP contribution in [0.3, 0.4) is 0 Å². The standard InChI is InChI=1S/C24H26N2O2S/c1-26-20-12-6-5-11-19(20)21(15-23(26)28)29-16-22(27)25-17-24(13-7-8-14-24)18-9-3-2-4-10-18/h2-6,9-12,15H,7-8,13-14,16-17H2,1H3,(H,25,27). The zero-order valence-electron chi connectivity index (χ0n) is 16.7. The second kappa shape index (κ2) is 8.46. The highest BCUT2D eigenvalue weighted by molar-refractivity contribution is 8.00. The molecule has 1 heterocycles. The number of pyridine rings is 1. The maximum Gasteiger partial charge on any atom is 0.251 e. The molecule has 0 unspecified atom stereocenters. The summed E-state index contributed by atoms with van der Waals surface area (Å²) in [5, 5.41) is 4.17. The average Bonchev–Trinajstić information content (AvgIpc) is 3.25. The van der Waals surface area contributed by atoms with Gasteiger partial charge in [0, 0.05) is 35.4 Å². The van der Waals surface area contributed by atoms with E-state index in [9.17, 15) is 9.59 Å². The lowest BCUT2D eigenvalue weighted by Crippen LogP contribution is -2.39. The summed E-state index contributed by atoms with van der Waals surface area (Å²) in [5.41, 5.74) is 2.21. The van der Waals surface area contributed by atoms with Gasteiger partial charge >= 0.3 is 0 Å². The van der Waals surface area contributed by atoms with Crippen LogP contribution in [0.5, 0.6) is 0 Å². The van der Waals surface area contributed by atoms with Gasteiger partial charge in [-0.15, -0.1) is 11.8 Å². The summed E-state index contributed by atoms with van der Waals surface area (Å²) in [6.45, 7) is 0.674. The second-order valence-electron chi connectivity index (χ2n) is 7.84. The van der Waals surface area contributed by atoms with Gasteiger partial charge in [0.05, 0.1) is 11.3 Å². The number of aromatic nitrogens is 1. The van der Waals surface area contributed by atoms with Crippen LogP contribution in [0.1, 0.15) is 31.2 Å². The fourth-order valence-corrected chi connectivity index (χ4v) is 5.27. The molecule has 0 atom stereocenters. The summed E-state index contributed by atoms with van der Waals surface area (Å²) in [6, 6.07) is 20.0. The van der Waals surface area contributed by atoms with Gasteiger partial charge in [0.1, 0.15) is 0 Å². The number of nitrogens with one attached hydrogen (secondary N) is 1. The van der Waals surface area contributed by atoms with Crippen molar-refractivity contribution in [2.45, 2.75) is 36.0 Å². The van der Waals surface area contributed by atoms with Crippen molar-refractivity contribution in [2.75, 3.05) is 12.3 Å². The lowest BCUT2D eigenvalue weighted by molar-refractivity contribution is -0.118. The minimum atomic E-state index is -0.0550. The Morgan fingerprint density at radius 1 is 1.07 bits per heavy atom. The highest BCUT2D eigenvalue weighted by Crippen LogP contribution is 2.40. The van der Waals surface area contributed by atoms with E-state index in [1.165, 1.54) is 30.2 Å². The number of hydrogen-bond donors (Lipinski definition) is 1. The smallest absolute Gasteiger partial charge is 0.251 e. The van der Waals surface area contributed by atoms with Crippen molar-refractivity contribution in [2.24, 2.45) is 7.05 Å². The molecule has 0 bridgehead atoms. The minimum Gasteiger partial charge on any atom is -0.354 e. The fourth-order valence-electron chi connectivity index (χ4n) is 4.37. The number of fused-ring (bicyclic) bond motifs is 1. The Morgan fingerprint density at radius 3 is 2.52 bits per heavy atom. The van der Waals surface area contributed by atoms with Gasteiger partial charge in [-0.05, 0) is 24.5 Å². The van der Waals surface area contributed by atoms with E-state index in [4.69, 9.17) is 0 Å². The molecule has 0 saturated heterocycles. The Hall–Kier alpha value is -2.53. The third kappa shape index (κ3) is 4.10. The minimum absolute atomic E-state index is 0.0157. The fraction of sp³-hybridized carbons (Fsp3) is 0.333. The van der Waals surface area contributed by atoms with Crippen LogP contribution in [0.2, 0.25) is 0 Å². The number of rotatable bonds is 6. The Morgan fingerprint density at radius 2 is 1.76 bits per heavy atom. The van der Waals surface area contributed by atoms with Crippen molar-refractivity contribution < 1.29 is 4.79 Å². The first-order chi connectivity index (χ1) is 14.1. The summed E-state index contributed by atoms with van der Waals surface area (Å²) >= 11 is 1.43. The predicted octanol–water partition coefficient (Wildman–Crippen LogP) is 4.26. The third-order valence-electron chi connectivity index (χ3n) is 6.05. The van der Waals surface area contributed by atoms with E-state index >= 15 is 0 Å². The van der Waals surface area contributed by atoms with Crippen LogP contribution in [0.15, 0.2) is 70.4 Å². The molecule has 1 aliphatic carbocycles. The first kappa shape index (κ1) is 19.8. The molecule has 1 aromatic heterocycles. The molecular formula is C24H26N2O2S. The first-order valence-corrected chi connectivity index (χ1v) is 11.1. The molecule has 1 amide bonds. The van der Waals surface area contributed by atoms with E-state index in [1.807, 2.05) is 30.3 Å². The van der Waals surface area contributed by atoms with E-state index < -0.39 is 0 Å². The van der Waals surface area contributed by atoms with Gasteiger partial charge in [-0.3, -0.25) is 9.59 Å². The third-order valence-corrected chi connectivity index (χ3v) is 7.10. The molecule has 1 fully saturated rings. The van der Waals surface area contributed by atoms with E-state index in [0.29, 0.717) is 12.3 Å². The number of para-hydroxylation sites is 1. The van der Waals surface area contributed by atoms with Crippen LogP contribution in [0.4, 0.5) is 0 Å². The van der Waals surface area contributed by atoms with Crippen LogP contribution in [-0.2, 0) is 17.3 Å². The van der Waals surface area contributed by atoms with Crippen molar-refractivity contribution in [3.05, 3.63) is 76.6 Å². The van der Waals surface area contributed by atoms with Crippen LogP contribution in [0.25, 0.3) is 10.9 Å². The molecule has 0 radical (unpaired) electrons. The van der Waals surface area contributed by atoms with Crippen molar-refractivity contribution >= 4 is 28.6 Å². The average molecular weight is 407 g/mol. The first-order valence-electron chi connectivity index (χ1n) is 10.1. The Balaban J connectivity index is 1.44. The van der Waals surface area contributed by atoms with Gasteiger partial charge in [-0.2, -0.15) is 0 Å². The molecule has 1 N–H and O–H groups in total. The molecule has 1 saturated carbocycles. The van der Waals surface area contributed by atoms with Gasteiger partial charge in [-0.1, -0.05) is 61.4 Å². The molecule has 4 rings (SSSR count). The molecule has 0 aliphatic heterocycles. The molecular weight excluding hydrogens is 380 g/mol. The summed E-state index contributed by atoms with van der Waals surface area (Å²) in [5.74, 6) is 0.323. The maximum absolute atomic E-state index is 12.6. The van der Waals surface area contributed by atoms with Crippen LogP contribution >= 0.6 is 11.8 Å². The number of aryl methyl sites for hydroxylation is 1. The summed E-state index contributed by atoms with van der Waals surface area (Å²) in [4.78, 5) is 25.7. The van der Waals surface area contributed by atoms with Crippen molar-refractivity contribution in [3.8, 4) is 0 Å². The number of benzene rings is 2. The monoisotopic (exact) mass is 406 g/mol. The quantitative estimate of drug-likeness (QED) is 0.623. The Kier molecular flexibility index (Phi) is 5.76. The lowest BCUT2D eigenvalue weighted by atomic mass is 9.79. The van der Waals surface area contributed by atoms with Gasteiger partial charge in [-0.25, -0.2) is 0 Å². The zero-order chi connectivity index (χ0) is 20.3. The molecule has 5 heteroatoms. The summed E-state index contributed by atoms with van der Waals surface area (Å²) in [6.07, 6.45) is 4.64. The van der Waals surface area contributed by atoms with E-state index in [1.54, 1.807) is 17.7 Å². The SMILES string of the molecule is Cn1c(=O)cc(SCC(=O)NCC2(c3ccccc3)CCCC2)c2ccccc21. The number of amides is 1. The van der Waals surface area contributed by atoms with Crippen molar-refractivity contribution in [3.63, 3.8) is 0 Å². The second-order valence-corrected chi connectivity index (χ2v) is 8.86. The Bertz CT molecular complexity index is 1070. The van der Waals surface area contributed by atoms with E-state index in [2.05, 4.69) is 29.6 Å². The molecule has 3 aromatic rings. The molecule has 29 heavy (non-hydrogen) atoms. The van der Waals surface area contributed by atoms with Crippen molar-refractivity contribution in [1.29, 1.82) is 0 Å². The topological polar surface area (TPSA) is 51.1 Å². The molecule has 1 aliphatic rings. The number of carbonyl (C=O) groups excluding carboxylic acids is 1. The van der Waals surface area contributed by atoms with Crippen molar-refractivity contribution in [1.82, 2.24) is 9.88 Å². The van der Waals surface area contributed by atoms with Crippen LogP contribution in [0, 0.1) is 0 Å². The number of thioether (sulfide) groups is 1. The zero-order valence-corrected chi connectivity index (χ0v) is 17.5. The van der Waals surface area contributed by atoms with Gasteiger partial charge in [0.15, 0.2) is 0 Å². The number of hydrogen-bond acceptors (Lipinski definition) is 3. The van der Waals surface area contributed by atoms with Gasteiger partial charge in [0.25, 0.3) is 5.56 Å². The Labute approximate surface area is 175 Å². The summed E-state index contributed by atoms with van der Waals surface area (Å²) < 4.78 is 1.64. The molecule has 150 valence electrons. The predicted molar refractivity (Wildman–Crippen MR) is 120 cm³/mol. The highest BCUT2D eigenvalue weighted by Gasteiger charge is 2.35. The van der Waals surface area contributed by atoms with Gasteiger partial charge in [0.2, 0.25) is 5.91 Å². The molecule has 4 nitrogen and oxygen atoms in total. The molecule has 2 aromatic carbocycles. The largest absolute Gasteiger partial charge is 0.354 e.